The Morgan fingerprint density at radius 3 is 2.23 bits per heavy atom. The molecular weight excluding hydrogens is 432 g/mol. The zero-order valence-corrected chi connectivity index (χ0v) is 19.5. The van der Waals surface area contributed by atoms with E-state index in [-0.39, 0.29) is 22.5 Å². The molecule has 0 bridgehead atoms. The van der Waals surface area contributed by atoms with Crippen LogP contribution in [0.1, 0.15) is 22.8 Å². The molecule has 166 valence electrons. The number of benzene rings is 2. The molecule has 31 heavy (non-hydrogen) atoms. The van der Waals surface area contributed by atoms with Crippen molar-refractivity contribution in [1.29, 1.82) is 0 Å². The average molecular weight is 461 g/mol. The highest BCUT2D eigenvalue weighted by Gasteiger charge is 2.23. The van der Waals surface area contributed by atoms with Crippen LogP contribution in [0.2, 0.25) is 0 Å². The van der Waals surface area contributed by atoms with Gasteiger partial charge in [-0.3, -0.25) is 9.59 Å². The van der Waals surface area contributed by atoms with Crippen LogP contribution in [-0.2, 0) is 15.3 Å². The maximum Gasteiger partial charge on any atom is 0.327 e. The molecule has 8 heteroatoms. The maximum atomic E-state index is 12.4. The molecule has 0 spiro atoms. The molecule has 0 aliphatic rings. The van der Waals surface area contributed by atoms with Crippen LogP contribution in [0.5, 0.6) is 0 Å². The third kappa shape index (κ3) is 8.30. The van der Waals surface area contributed by atoms with E-state index in [9.17, 15) is 19.5 Å². The Balaban J connectivity index is 1.79. The molecule has 0 heterocycles. The van der Waals surface area contributed by atoms with Crippen LogP contribution in [0.3, 0.4) is 0 Å². The van der Waals surface area contributed by atoms with Crippen molar-refractivity contribution in [3.63, 3.8) is 0 Å². The van der Waals surface area contributed by atoms with Crippen LogP contribution < -0.4 is 10.2 Å². The minimum Gasteiger partial charge on any atom is -0.480 e. The number of carboxylic acid groups (broad SMARTS) is 1. The number of thioether (sulfide) groups is 2. The highest BCUT2D eigenvalue weighted by Crippen LogP contribution is 2.19. The number of nitrogens with zero attached hydrogens (tertiary/aromatic N) is 1. The van der Waals surface area contributed by atoms with E-state index in [1.165, 1.54) is 11.8 Å². The lowest BCUT2D eigenvalue weighted by Gasteiger charge is -2.17. The molecule has 2 atom stereocenters. The van der Waals surface area contributed by atoms with Crippen molar-refractivity contribution in [3.05, 3.63) is 65.7 Å². The molecule has 0 saturated carbocycles. The molecule has 2 N–H and O–H groups in total. The first-order chi connectivity index (χ1) is 14.8. The van der Waals surface area contributed by atoms with E-state index in [1.807, 2.05) is 49.3 Å². The fraction of sp³-hybridized carbons (Fsp3) is 0.348. The molecule has 0 aliphatic heterocycles. The monoisotopic (exact) mass is 460 g/mol. The number of hydrogen-bond acceptors (Lipinski definition) is 6. The fourth-order valence-corrected chi connectivity index (χ4v) is 4.47. The maximum absolute atomic E-state index is 12.4. The van der Waals surface area contributed by atoms with E-state index in [0.717, 1.165) is 23.0 Å². The Labute approximate surface area is 191 Å². The van der Waals surface area contributed by atoms with Crippen LogP contribution in [0.15, 0.2) is 54.6 Å². The van der Waals surface area contributed by atoms with Crippen molar-refractivity contribution in [1.82, 2.24) is 5.32 Å². The Morgan fingerprint density at radius 2 is 1.65 bits per heavy atom. The Kier molecular flexibility index (Phi) is 9.94. The van der Waals surface area contributed by atoms with Gasteiger partial charge in [0, 0.05) is 48.5 Å². The summed E-state index contributed by atoms with van der Waals surface area (Å²) in [5, 5.41) is 12.0. The summed E-state index contributed by atoms with van der Waals surface area (Å²) < 4.78 is 0. The number of amides is 1. The summed E-state index contributed by atoms with van der Waals surface area (Å²) in [7, 11) is 3.95. The summed E-state index contributed by atoms with van der Waals surface area (Å²) in [6, 6.07) is 15.9. The highest BCUT2D eigenvalue weighted by molar-refractivity contribution is 8.14. The summed E-state index contributed by atoms with van der Waals surface area (Å²) in [5.41, 5.74) is 2.77. The van der Waals surface area contributed by atoms with Gasteiger partial charge in [0.15, 0.2) is 0 Å². The Hall–Kier alpha value is -2.45. The SMILES string of the molecule is C[C@@H](CSC(=O)c1ccccc1)C(=O)N[C@@H](CSCc1ccc(N(C)C)cc1)C(=O)O. The number of carboxylic acids is 1. The van der Waals surface area contributed by atoms with Crippen molar-refractivity contribution in [2.24, 2.45) is 5.92 Å². The van der Waals surface area contributed by atoms with Gasteiger partial charge in [-0.25, -0.2) is 4.79 Å². The van der Waals surface area contributed by atoms with Crippen molar-refractivity contribution in [3.8, 4) is 0 Å². The van der Waals surface area contributed by atoms with E-state index in [4.69, 9.17) is 0 Å². The molecule has 0 unspecified atom stereocenters. The number of carbonyl (C=O) groups is 3. The number of aliphatic carboxylic acids is 1. The second kappa shape index (κ2) is 12.4. The number of rotatable bonds is 11. The molecule has 0 saturated heterocycles. The first-order valence-electron chi connectivity index (χ1n) is 9.87. The minimum absolute atomic E-state index is 0.106. The molecule has 6 nitrogen and oxygen atoms in total. The lowest BCUT2D eigenvalue weighted by Crippen LogP contribution is -2.45. The fourth-order valence-electron chi connectivity index (χ4n) is 2.61. The van der Waals surface area contributed by atoms with Gasteiger partial charge in [0.25, 0.3) is 0 Å². The van der Waals surface area contributed by atoms with Gasteiger partial charge in [-0.2, -0.15) is 11.8 Å². The summed E-state index contributed by atoms with van der Waals surface area (Å²) in [6.07, 6.45) is 0. The van der Waals surface area contributed by atoms with Gasteiger partial charge in [-0.1, -0.05) is 61.2 Å². The quantitative estimate of drug-likeness (QED) is 0.528. The van der Waals surface area contributed by atoms with Gasteiger partial charge in [0.2, 0.25) is 11.0 Å². The first-order valence-corrected chi connectivity index (χ1v) is 12.0. The predicted octanol–water partition coefficient (Wildman–Crippen LogP) is 3.76. The summed E-state index contributed by atoms with van der Waals surface area (Å²) in [4.78, 5) is 38.2. The van der Waals surface area contributed by atoms with Gasteiger partial charge in [-0.05, 0) is 17.7 Å². The molecule has 2 aromatic rings. The average Bonchev–Trinajstić information content (AvgIpc) is 2.77. The van der Waals surface area contributed by atoms with Crippen LogP contribution in [0.25, 0.3) is 0 Å². The molecule has 2 rings (SSSR count). The minimum atomic E-state index is -1.07. The Bertz CT molecular complexity index is 873. The lowest BCUT2D eigenvalue weighted by molar-refractivity contribution is -0.141. The normalized spacial score (nSPS) is 12.6. The topological polar surface area (TPSA) is 86.7 Å². The lowest BCUT2D eigenvalue weighted by atomic mass is 10.2. The molecule has 0 aliphatic carbocycles. The van der Waals surface area contributed by atoms with E-state index in [0.29, 0.717) is 11.3 Å². The zero-order chi connectivity index (χ0) is 22.8. The summed E-state index contributed by atoms with van der Waals surface area (Å²) >= 11 is 2.52. The van der Waals surface area contributed by atoms with Gasteiger partial charge in [0.05, 0.1) is 0 Å². The predicted molar refractivity (Wildman–Crippen MR) is 129 cm³/mol. The zero-order valence-electron chi connectivity index (χ0n) is 17.9. The van der Waals surface area contributed by atoms with Crippen LogP contribution >= 0.6 is 23.5 Å². The number of hydrogen-bond donors (Lipinski definition) is 2. The summed E-state index contributed by atoms with van der Waals surface area (Å²) in [6.45, 7) is 1.69. The van der Waals surface area contributed by atoms with Crippen molar-refractivity contribution in [2.45, 2.75) is 18.7 Å². The van der Waals surface area contributed by atoms with E-state index in [1.54, 1.807) is 31.2 Å². The van der Waals surface area contributed by atoms with Gasteiger partial charge < -0.3 is 15.3 Å². The van der Waals surface area contributed by atoms with Crippen LogP contribution in [-0.4, -0.2) is 53.7 Å². The van der Waals surface area contributed by atoms with E-state index >= 15 is 0 Å². The van der Waals surface area contributed by atoms with E-state index in [2.05, 4.69) is 5.32 Å². The van der Waals surface area contributed by atoms with Crippen LogP contribution in [0.4, 0.5) is 5.69 Å². The number of anilines is 1. The Morgan fingerprint density at radius 1 is 1.00 bits per heavy atom. The third-order valence-corrected chi connectivity index (χ3v) is 6.81. The standard InChI is InChI=1S/C23H28N2O4S2/c1-16(13-31-23(29)18-7-5-4-6-8-18)21(26)24-20(22(27)28)15-30-14-17-9-11-19(12-10-17)25(2)3/h4-12,16,20H,13-15H2,1-3H3,(H,24,26)(H,27,28)/t16-,20-/m0/s1. The third-order valence-electron chi connectivity index (χ3n) is 4.54. The second-order valence-electron chi connectivity index (χ2n) is 7.34. The van der Waals surface area contributed by atoms with Crippen molar-refractivity contribution < 1.29 is 19.5 Å². The molecule has 0 radical (unpaired) electrons. The van der Waals surface area contributed by atoms with Crippen molar-refractivity contribution >= 4 is 46.2 Å². The number of nitrogens with one attached hydrogen (secondary N) is 1. The van der Waals surface area contributed by atoms with E-state index < -0.39 is 17.9 Å². The molecular formula is C23H28N2O4S2. The molecule has 1 amide bonds. The molecule has 0 aromatic heterocycles. The number of carbonyl (C=O) groups excluding carboxylic acids is 2. The highest BCUT2D eigenvalue weighted by atomic mass is 32.2. The van der Waals surface area contributed by atoms with Gasteiger partial charge >= 0.3 is 5.97 Å². The second-order valence-corrected chi connectivity index (χ2v) is 9.36. The smallest absolute Gasteiger partial charge is 0.327 e. The van der Waals surface area contributed by atoms with Gasteiger partial charge in [0.1, 0.15) is 6.04 Å². The first kappa shape index (κ1) is 24.8. The van der Waals surface area contributed by atoms with Crippen molar-refractivity contribution in [2.75, 3.05) is 30.5 Å². The largest absolute Gasteiger partial charge is 0.480 e. The summed E-state index contributed by atoms with van der Waals surface area (Å²) in [5.74, 6) is -0.704. The van der Waals surface area contributed by atoms with Gasteiger partial charge in [-0.15, -0.1) is 0 Å². The molecule has 2 aromatic carbocycles. The van der Waals surface area contributed by atoms with Crippen LogP contribution in [0, 0.1) is 5.92 Å². The molecule has 0 fully saturated rings.